The summed E-state index contributed by atoms with van der Waals surface area (Å²) in [5.74, 6) is -3.31. The molecular weight excluding hydrogens is 368 g/mol. The summed E-state index contributed by atoms with van der Waals surface area (Å²) in [6.07, 6.45) is 1.02. The number of halogens is 2. The van der Waals surface area contributed by atoms with Gasteiger partial charge in [0.1, 0.15) is 22.9 Å². The van der Waals surface area contributed by atoms with E-state index < -0.39 is 35.3 Å². The summed E-state index contributed by atoms with van der Waals surface area (Å²) in [5, 5.41) is 2.89. The third-order valence-electron chi connectivity index (χ3n) is 4.35. The van der Waals surface area contributed by atoms with Gasteiger partial charge >= 0.3 is 5.97 Å². The average molecular weight is 387 g/mol. The monoisotopic (exact) mass is 387 g/mol. The SMILES string of the molecule is CCc1ccc2c(CC(=O)O[C@H](C)C(=O)Nc3c(F)cccc3F)coc2c1. The molecule has 3 aromatic rings. The van der Waals surface area contributed by atoms with Crippen LogP contribution in [0.5, 0.6) is 0 Å². The Bertz CT molecular complexity index is 1010. The molecule has 5 nitrogen and oxygen atoms in total. The largest absolute Gasteiger partial charge is 0.464 e. The smallest absolute Gasteiger partial charge is 0.311 e. The molecular formula is C21H19F2NO4. The Balaban J connectivity index is 1.63. The summed E-state index contributed by atoms with van der Waals surface area (Å²) < 4.78 is 37.8. The Kier molecular flexibility index (Phi) is 5.73. The highest BCUT2D eigenvalue weighted by atomic mass is 19.1. The maximum Gasteiger partial charge on any atom is 0.311 e. The van der Waals surface area contributed by atoms with Gasteiger partial charge in [0, 0.05) is 10.9 Å². The van der Waals surface area contributed by atoms with Crippen molar-refractivity contribution in [3.63, 3.8) is 0 Å². The van der Waals surface area contributed by atoms with E-state index in [0.29, 0.717) is 11.1 Å². The summed E-state index contributed by atoms with van der Waals surface area (Å²) in [6.45, 7) is 3.36. The molecule has 1 N–H and O–H groups in total. The number of esters is 1. The normalized spacial score (nSPS) is 12.0. The summed E-state index contributed by atoms with van der Waals surface area (Å²) in [7, 11) is 0. The number of hydrogen-bond donors (Lipinski definition) is 1. The molecule has 28 heavy (non-hydrogen) atoms. The zero-order valence-corrected chi connectivity index (χ0v) is 15.4. The van der Waals surface area contributed by atoms with Crippen LogP contribution in [0, 0.1) is 11.6 Å². The molecule has 2 aromatic carbocycles. The van der Waals surface area contributed by atoms with E-state index >= 15 is 0 Å². The van der Waals surface area contributed by atoms with Crippen molar-refractivity contribution in [1.82, 2.24) is 0 Å². The molecule has 0 bridgehead atoms. The lowest BCUT2D eigenvalue weighted by atomic mass is 10.1. The number of hydrogen-bond acceptors (Lipinski definition) is 4. The lowest BCUT2D eigenvalue weighted by Gasteiger charge is -2.14. The zero-order valence-electron chi connectivity index (χ0n) is 15.4. The molecule has 0 radical (unpaired) electrons. The van der Waals surface area contributed by atoms with Gasteiger partial charge in [-0.1, -0.05) is 25.1 Å². The van der Waals surface area contributed by atoms with Gasteiger partial charge < -0.3 is 14.5 Å². The van der Waals surface area contributed by atoms with Crippen molar-refractivity contribution in [3.05, 3.63) is 65.4 Å². The Morgan fingerprint density at radius 3 is 2.57 bits per heavy atom. The van der Waals surface area contributed by atoms with Gasteiger partial charge in [-0.15, -0.1) is 0 Å². The van der Waals surface area contributed by atoms with Crippen molar-refractivity contribution < 1.29 is 27.5 Å². The fourth-order valence-electron chi connectivity index (χ4n) is 2.77. The highest BCUT2D eigenvalue weighted by Crippen LogP contribution is 2.24. The van der Waals surface area contributed by atoms with Gasteiger partial charge in [0.2, 0.25) is 0 Å². The van der Waals surface area contributed by atoms with Crippen molar-refractivity contribution in [3.8, 4) is 0 Å². The van der Waals surface area contributed by atoms with E-state index in [0.717, 1.165) is 29.5 Å². The number of carbonyl (C=O) groups excluding carboxylic acids is 2. The second kappa shape index (κ2) is 8.21. The minimum Gasteiger partial charge on any atom is -0.464 e. The number of aryl methyl sites for hydroxylation is 1. The number of amides is 1. The summed E-state index contributed by atoms with van der Waals surface area (Å²) >= 11 is 0. The predicted molar refractivity (Wildman–Crippen MR) is 99.8 cm³/mol. The molecule has 3 rings (SSSR count). The van der Waals surface area contributed by atoms with Crippen LogP contribution in [-0.4, -0.2) is 18.0 Å². The van der Waals surface area contributed by atoms with Crippen LogP contribution in [0.15, 0.2) is 47.1 Å². The fraction of sp³-hybridized carbons (Fsp3) is 0.238. The van der Waals surface area contributed by atoms with E-state index in [1.54, 1.807) is 0 Å². The van der Waals surface area contributed by atoms with Gasteiger partial charge in [-0.05, 0) is 37.1 Å². The highest BCUT2D eigenvalue weighted by Gasteiger charge is 2.21. The molecule has 0 saturated carbocycles. The zero-order chi connectivity index (χ0) is 20.3. The Morgan fingerprint density at radius 2 is 1.89 bits per heavy atom. The second-order valence-corrected chi connectivity index (χ2v) is 6.34. The average Bonchev–Trinajstić information content (AvgIpc) is 3.06. The molecule has 1 amide bonds. The quantitative estimate of drug-likeness (QED) is 0.637. The van der Waals surface area contributed by atoms with E-state index in [1.807, 2.05) is 25.1 Å². The van der Waals surface area contributed by atoms with Crippen molar-refractivity contribution in [2.45, 2.75) is 32.8 Å². The number of anilines is 1. The molecule has 146 valence electrons. The van der Waals surface area contributed by atoms with Gasteiger partial charge in [0.05, 0.1) is 12.7 Å². The van der Waals surface area contributed by atoms with Crippen LogP contribution in [-0.2, 0) is 27.2 Å². The van der Waals surface area contributed by atoms with Gasteiger partial charge in [-0.3, -0.25) is 9.59 Å². The highest BCUT2D eigenvalue weighted by molar-refractivity contribution is 5.95. The number of para-hydroxylation sites is 1. The van der Waals surface area contributed by atoms with Crippen LogP contribution in [0.1, 0.15) is 25.0 Å². The number of furan rings is 1. The molecule has 0 aliphatic carbocycles. The van der Waals surface area contributed by atoms with E-state index in [2.05, 4.69) is 5.32 Å². The number of nitrogens with one attached hydrogen (secondary N) is 1. The first-order valence-electron chi connectivity index (χ1n) is 8.82. The molecule has 1 atom stereocenters. The Morgan fingerprint density at radius 1 is 1.18 bits per heavy atom. The molecule has 0 aliphatic rings. The van der Waals surface area contributed by atoms with Gasteiger partial charge in [-0.2, -0.15) is 0 Å². The lowest BCUT2D eigenvalue weighted by Crippen LogP contribution is -2.31. The van der Waals surface area contributed by atoms with Crippen LogP contribution in [0.2, 0.25) is 0 Å². The van der Waals surface area contributed by atoms with Crippen molar-refractivity contribution in [1.29, 1.82) is 0 Å². The van der Waals surface area contributed by atoms with Crippen molar-refractivity contribution in [2.75, 3.05) is 5.32 Å². The maximum atomic E-state index is 13.6. The van der Waals surface area contributed by atoms with Gasteiger partial charge in [0.25, 0.3) is 5.91 Å². The van der Waals surface area contributed by atoms with Crippen LogP contribution < -0.4 is 5.32 Å². The predicted octanol–water partition coefficient (Wildman–Crippen LogP) is 4.39. The molecule has 0 fully saturated rings. The Labute approximate surface area is 160 Å². The molecule has 0 spiro atoms. The number of benzene rings is 2. The van der Waals surface area contributed by atoms with Gasteiger partial charge in [-0.25, -0.2) is 8.78 Å². The van der Waals surface area contributed by atoms with Crippen molar-refractivity contribution in [2.24, 2.45) is 0 Å². The third kappa shape index (κ3) is 4.19. The van der Waals surface area contributed by atoms with E-state index in [1.165, 1.54) is 19.3 Å². The first-order chi connectivity index (χ1) is 13.4. The van der Waals surface area contributed by atoms with Crippen LogP contribution in [0.25, 0.3) is 11.0 Å². The molecule has 0 unspecified atom stereocenters. The van der Waals surface area contributed by atoms with E-state index in [9.17, 15) is 18.4 Å². The number of ether oxygens (including phenoxy) is 1. The minimum absolute atomic E-state index is 0.0931. The summed E-state index contributed by atoms with van der Waals surface area (Å²) in [4.78, 5) is 24.3. The summed E-state index contributed by atoms with van der Waals surface area (Å²) in [6, 6.07) is 8.95. The second-order valence-electron chi connectivity index (χ2n) is 6.34. The maximum absolute atomic E-state index is 13.6. The molecule has 0 aliphatic heterocycles. The van der Waals surface area contributed by atoms with E-state index in [4.69, 9.17) is 9.15 Å². The fourth-order valence-corrected chi connectivity index (χ4v) is 2.77. The third-order valence-corrected chi connectivity index (χ3v) is 4.35. The first kappa shape index (κ1) is 19.5. The number of fused-ring (bicyclic) bond motifs is 1. The standard InChI is InChI=1S/C21H19F2NO4/c1-3-13-7-8-15-14(11-27-18(15)9-13)10-19(25)28-12(2)21(26)24-20-16(22)5-4-6-17(20)23/h4-9,11-12H,3,10H2,1-2H3,(H,24,26)/t12-/m1/s1. The number of rotatable bonds is 6. The van der Waals surface area contributed by atoms with Gasteiger partial charge in [0.15, 0.2) is 6.10 Å². The van der Waals surface area contributed by atoms with Crippen LogP contribution in [0.4, 0.5) is 14.5 Å². The Hall–Kier alpha value is -3.22. The van der Waals surface area contributed by atoms with Crippen molar-refractivity contribution >= 4 is 28.5 Å². The summed E-state index contributed by atoms with van der Waals surface area (Å²) in [5.41, 5.74) is 1.84. The molecule has 0 saturated heterocycles. The topological polar surface area (TPSA) is 68.5 Å². The van der Waals surface area contributed by atoms with Crippen LogP contribution in [0.3, 0.4) is 0 Å². The molecule has 1 heterocycles. The molecule has 1 aromatic heterocycles. The lowest BCUT2D eigenvalue weighted by molar-refractivity contribution is -0.152. The minimum atomic E-state index is -1.23. The first-order valence-corrected chi connectivity index (χ1v) is 8.82. The number of carbonyl (C=O) groups is 2. The van der Waals surface area contributed by atoms with E-state index in [-0.39, 0.29) is 6.42 Å². The molecule has 7 heteroatoms. The van der Waals surface area contributed by atoms with Crippen LogP contribution >= 0.6 is 0 Å².